The minimum absolute atomic E-state index is 0.0250. The van der Waals surface area contributed by atoms with Crippen molar-refractivity contribution in [3.05, 3.63) is 16.1 Å². The summed E-state index contributed by atoms with van der Waals surface area (Å²) in [5.74, 6) is 0.0250. The van der Waals surface area contributed by atoms with Crippen LogP contribution in [0.25, 0.3) is 0 Å². The van der Waals surface area contributed by atoms with Crippen LogP contribution in [0.4, 0.5) is 0 Å². The van der Waals surface area contributed by atoms with Gasteiger partial charge in [0.25, 0.3) is 5.91 Å². The van der Waals surface area contributed by atoms with Gasteiger partial charge in [-0.15, -0.1) is 11.3 Å². The number of rotatable bonds is 7. The van der Waals surface area contributed by atoms with E-state index in [-0.39, 0.29) is 11.9 Å². The molecule has 1 rings (SSSR count). The van der Waals surface area contributed by atoms with Crippen molar-refractivity contribution in [3.8, 4) is 0 Å². The summed E-state index contributed by atoms with van der Waals surface area (Å²) >= 11 is 1.45. The first kappa shape index (κ1) is 15.1. The Morgan fingerprint density at radius 1 is 1.50 bits per heavy atom. The van der Waals surface area contributed by atoms with Crippen molar-refractivity contribution in [1.82, 2.24) is 9.88 Å². The smallest absolute Gasteiger partial charge is 0.273 e. The van der Waals surface area contributed by atoms with E-state index in [0.29, 0.717) is 12.2 Å². The van der Waals surface area contributed by atoms with E-state index in [4.69, 9.17) is 5.73 Å². The highest BCUT2D eigenvalue weighted by Gasteiger charge is 2.20. The van der Waals surface area contributed by atoms with Gasteiger partial charge in [0.2, 0.25) is 0 Å². The van der Waals surface area contributed by atoms with Gasteiger partial charge >= 0.3 is 0 Å². The summed E-state index contributed by atoms with van der Waals surface area (Å²) in [5, 5.41) is 2.62. The third-order valence-electron chi connectivity index (χ3n) is 2.83. The highest BCUT2D eigenvalue weighted by Crippen LogP contribution is 2.14. The van der Waals surface area contributed by atoms with E-state index in [9.17, 15) is 4.79 Å². The second-order valence-corrected chi connectivity index (χ2v) is 5.57. The minimum atomic E-state index is 0.0250. The number of carbonyl (C=O) groups excluding carboxylic acids is 1. The highest BCUT2D eigenvalue weighted by atomic mass is 32.1. The van der Waals surface area contributed by atoms with E-state index < -0.39 is 0 Å². The average Bonchev–Trinajstić information content (AvgIpc) is 2.82. The molecule has 1 aromatic rings. The fourth-order valence-electron chi connectivity index (χ4n) is 1.78. The molecule has 18 heavy (non-hydrogen) atoms. The monoisotopic (exact) mass is 269 g/mol. The van der Waals surface area contributed by atoms with E-state index in [0.717, 1.165) is 30.8 Å². The van der Waals surface area contributed by atoms with Crippen LogP contribution >= 0.6 is 11.3 Å². The normalized spacial score (nSPS) is 10.9. The van der Waals surface area contributed by atoms with Crippen LogP contribution in [0.1, 0.15) is 55.5 Å². The molecule has 0 aromatic carbocycles. The lowest BCUT2D eigenvalue weighted by atomic mass is 10.2. The van der Waals surface area contributed by atoms with Crippen LogP contribution in [0, 0.1) is 0 Å². The zero-order valence-corrected chi connectivity index (χ0v) is 12.3. The molecular weight excluding hydrogens is 246 g/mol. The van der Waals surface area contributed by atoms with Crippen LogP contribution in [0.3, 0.4) is 0 Å². The lowest BCUT2D eigenvalue weighted by molar-refractivity contribution is 0.0697. The van der Waals surface area contributed by atoms with Crippen molar-refractivity contribution in [2.45, 2.75) is 52.6 Å². The Morgan fingerprint density at radius 3 is 2.72 bits per heavy atom. The number of hydrogen-bond acceptors (Lipinski definition) is 4. The average molecular weight is 269 g/mol. The summed E-state index contributed by atoms with van der Waals surface area (Å²) in [6.45, 7) is 7.45. The van der Waals surface area contributed by atoms with Crippen LogP contribution in [0.15, 0.2) is 5.38 Å². The van der Waals surface area contributed by atoms with E-state index in [2.05, 4.69) is 11.9 Å². The number of aromatic nitrogens is 1. The summed E-state index contributed by atoms with van der Waals surface area (Å²) < 4.78 is 0. The molecule has 5 heteroatoms. The molecule has 1 aromatic heterocycles. The molecule has 4 nitrogen and oxygen atoms in total. The lowest BCUT2D eigenvalue weighted by Gasteiger charge is -2.26. The van der Waals surface area contributed by atoms with Gasteiger partial charge in [0.15, 0.2) is 0 Å². The van der Waals surface area contributed by atoms with Crippen LogP contribution < -0.4 is 5.73 Å². The van der Waals surface area contributed by atoms with Crippen molar-refractivity contribution >= 4 is 17.2 Å². The number of amides is 1. The Morgan fingerprint density at radius 2 is 2.22 bits per heavy atom. The van der Waals surface area contributed by atoms with Crippen LogP contribution in [0.2, 0.25) is 0 Å². The van der Waals surface area contributed by atoms with Gasteiger partial charge in [-0.2, -0.15) is 0 Å². The number of nitrogens with zero attached hydrogens (tertiary/aromatic N) is 2. The van der Waals surface area contributed by atoms with Gasteiger partial charge in [-0.1, -0.05) is 19.8 Å². The van der Waals surface area contributed by atoms with Gasteiger partial charge < -0.3 is 10.6 Å². The van der Waals surface area contributed by atoms with Gasteiger partial charge in [-0.25, -0.2) is 4.98 Å². The van der Waals surface area contributed by atoms with Gasteiger partial charge in [0, 0.05) is 24.5 Å². The molecule has 0 unspecified atom stereocenters. The summed E-state index contributed by atoms with van der Waals surface area (Å²) in [6.07, 6.45) is 3.37. The molecule has 0 radical (unpaired) electrons. The van der Waals surface area contributed by atoms with Crippen molar-refractivity contribution in [3.63, 3.8) is 0 Å². The number of hydrogen-bond donors (Lipinski definition) is 1. The first-order chi connectivity index (χ1) is 8.60. The number of thiazole rings is 1. The zero-order valence-electron chi connectivity index (χ0n) is 11.5. The maximum absolute atomic E-state index is 12.3. The standard InChI is InChI=1S/C13H23N3OS/c1-4-5-6-7-16(10(2)3)13(17)11-9-18-12(8-14)15-11/h9-10H,4-8,14H2,1-3H3. The fraction of sp³-hybridized carbons (Fsp3) is 0.692. The van der Waals surface area contributed by atoms with Gasteiger partial charge in [-0.05, 0) is 20.3 Å². The third-order valence-corrected chi connectivity index (χ3v) is 3.70. The third kappa shape index (κ3) is 4.07. The van der Waals surface area contributed by atoms with Crippen molar-refractivity contribution in [1.29, 1.82) is 0 Å². The van der Waals surface area contributed by atoms with E-state index >= 15 is 0 Å². The minimum Gasteiger partial charge on any atom is -0.335 e. The molecule has 0 fully saturated rings. The van der Waals surface area contributed by atoms with Crippen molar-refractivity contribution < 1.29 is 4.79 Å². The van der Waals surface area contributed by atoms with Crippen LogP contribution in [-0.4, -0.2) is 28.4 Å². The second kappa shape index (κ2) is 7.48. The summed E-state index contributed by atoms with van der Waals surface area (Å²) in [7, 11) is 0. The largest absolute Gasteiger partial charge is 0.335 e. The molecule has 0 saturated heterocycles. The first-order valence-electron chi connectivity index (χ1n) is 6.55. The number of nitrogens with two attached hydrogens (primary N) is 1. The van der Waals surface area contributed by atoms with E-state index in [1.54, 1.807) is 5.38 Å². The number of carbonyl (C=O) groups is 1. The van der Waals surface area contributed by atoms with Gasteiger partial charge in [0.05, 0.1) is 0 Å². The van der Waals surface area contributed by atoms with Gasteiger partial charge in [0.1, 0.15) is 10.7 Å². The second-order valence-electron chi connectivity index (χ2n) is 4.63. The Labute approximate surface area is 113 Å². The molecule has 0 aliphatic rings. The zero-order chi connectivity index (χ0) is 13.5. The Kier molecular flexibility index (Phi) is 6.29. The molecular formula is C13H23N3OS. The lowest BCUT2D eigenvalue weighted by Crippen LogP contribution is -2.38. The highest BCUT2D eigenvalue weighted by molar-refractivity contribution is 7.09. The van der Waals surface area contributed by atoms with Crippen molar-refractivity contribution in [2.24, 2.45) is 5.73 Å². The van der Waals surface area contributed by atoms with E-state index in [1.807, 2.05) is 18.7 Å². The summed E-state index contributed by atoms with van der Waals surface area (Å²) in [4.78, 5) is 18.5. The quantitative estimate of drug-likeness (QED) is 0.774. The molecule has 102 valence electrons. The van der Waals surface area contributed by atoms with Crippen LogP contribution in [-0.2, 0) is 6.54 Å². The molecule has 0 bridgehead atoms. The topological polar surface area (TPSA) is 59.2 Å². The molecule has 0 atom stereocenters. The summed E-state index contributed by atoms with van der Waals surface area (Å²) in [5.41, 5.74) is 6.05. The fourth-order valence-corrected chi connectivity index (χ4v) is 2.42. The Balaban J connectivity index is 2.69. The maximum Gasteiger partial charge on any atom is 0.273 e. The summed E-state index contributed by atoms with van der Waals surface area (Å²) in [6, 6.07) is 0.206. The molecule has 0 aliphatic carbocycles. The Hall–Kier alpha value is -0.940. The molecule has 0 spiro atoms. The van der Waals surface area contributed by atoms with Crippen molar-refractivity contribution in [2.75, 3.05) is 6.54 Å². The first-order valence-corrected chi connectivity index (χ1v) is 7.43. The molecule has 2 N–H and O–H groups in total. The molecule has 0 saturated carbocycles. The van der Waals surface area contributed by atoms with Crippen LogP contribution in [0.5, 0.6) is 0 Å². The molecule has 1 amide bonds. The van der Waals surface area contributed by atoms with E-state index in [1.165, 1.54) is 11.3 Å². The Bertz CT molecular complexity index is 376. The SMILES string of the molecule is CCCCCN(C(=O)c1csc(CN)n1)C(C)C. The molecule has 0 aliphatic heterocycles. The predicted molar refractivity (Wildman–Crippen MR) is 75.7 cm³/mol. The number of unbranched alkanes of at least 4 members (excludes halogenated alkanes) is 2. The maximum atomic E-state index is 12.3. The predicted octanol–water partition coefficient (Wildman–Crippen LogP) is 2.64. The molecule has 1 heterocycles. The van der Waals surface area contributed by atoms with Gasteiger partial charge in [-0.3, -0.25) is 4.79 Å².